The lowest BCUT2D eigenvalue weighted by Crippen LogP contribution is -1.86. The van der Waals surface area contributed by atoms with Gasteiger partial charge in [-0.05, 0) is 22.0 Å². The molecule has 1 N–H and O–H groups in total. The van der Waals surface area contributed by atoms with Crippen LogP contribution in [0.1, 0.15) is 5.56 Å². The third kappa shape index (κ3) is 1.32. The Hall–Kier alpha value is -1.29. The number of hydrogen-bond donors (Lipinski definition) is 1. The maximum Gasteiger partial charge on any atom is 0.119 e. The van der Waals surface area contributed by atoms with E-state index in [0.29, 0.717) is 5.76 Å². The van der Waals surface area contributed by atoms with Gasteiger partial charge in [-0.3, -0.25) is 5.10 Å². The number of methoxy groups -OCH3 is 1. The highest BCUT2D eigenvalue weighted by Crippen LogP contribution is 2.28. The number of H-pyrrole nitrogens is 1. The van der Waals surface area contributed by atoms with Crippen LogP contribution in [-0.2, 0) is 4.74 Å². The van der Waals surface area contributed by atoms with E-state index in [-0.39, 0.29) is 0 Å². The van der Waals surface area contributed by atoms with E-state index in [2.05, 4.69) is 32.7 Å². The van der Waals surface area contributed by atoms with Crippen molar-refractivity contribution in [2.24, 2.45) is 0 Å². The Labute approximate surface area is 89.9 Å². The molecule has 1 heterocycles. The van der Waals surface area contributed by atoms with Crippen molar-refractivity contribution in [1.82, 2.24) is 10.2 Å². The molecular formula is C10H9BrN2O. The summed E-state index contributed by atoms with van der Waals surface area (Å²) in [4.78, 5) is 0. The topological polar surface area (TPSA) is 37.9 Å². The quantitative estimate of drug-likeness (QED) is 0.835. The summed E-state index contributed by atoms with van der Waals surface area (Å²) in [5.74, 6) is 0.637. The standard InChI is InChI=1S/C10H9BrN2O/c1-6(14-2)7-4-3-5-8-9(7)10(11)13-12-8/h3-5H,1H2,2H3,(H,12,13). The molecule has 0 aliphatic carbocycles. The molecule has 1 aromatic carbocycles. The molecule has 1 aromatic heterocycles. The molecule has 0 atom stereocenters. The zero-order valence-electron chi connectivity index (χ0n) is 7.67. The average molecular weight is 253 g/mol. The fraction of sp³-hybridized carbons (Fsp3) is 0.100. The van der Waals surface area contributed by atoms with Crippen molar-refractivity contribution in [2.45, 2.75) is 0 Å². The van der Waals surface area contributed by atoms with Gasteiger partial charge in [0.1, 0.15) is 10.4 Å². The predicted molar refractivity (Wildman–Crippen MR) is 59.8 cm³/mol. The number of aromatic amines is 1. The Kier molecular flexibility index (Phi) is 2.29. The van der Waals surface area contributed by atoms with Gasteiger partial charge in [-0.15, -0.1) is 0 Å². The predicted octanol–water partition coefficient (Wildman–Crippen LogP) is 2.94. The molecule has 0 amide bonds. The zero-order valence-corrected chi connectivity index (χ0v) is 9.26. The van der Waals surface area contributed by atoms with Crippen molar-refractivity contribution in [1.29, 1.82) is 0 Å². The summed E-state index contributed by atoms with van der Waals surface area (Å²) in [5, 5.41) is 7.99. The molecule has 2 aromatic rings. The minimum absolute atomic E-state index is 0.637. The van der Waals surface area contributed by atoms with Gasteiger partial charge in [-0.1, -0.05) is 18.7 Å². The molecule has 0 saturated carbocycles. The molecule has 72 valence electrons. The fourth-order valence-electron chi connectivity index (χ4n) is 1.37. The maximum atomic E-state index is 5.11. The molecule has 3 nitrogen and oxygen atoms in total. The first-order valence-electron chi connectivity index (χ1n) is 4.10. The minimum Gasteiger partial charge on any atom is -0.497 e. The van der Waals surface area contributed by atoms with Gasteiger partial charge >= 0.3 is 0 Å². The summed E-state index contributed by atoms with van der Waals surface area (Å²) >= 11 is 3.40. The van der Waals surface area contributed by atoms with Crippen molar-refractivity contribution < 1.29 is 4.74 Å². The lowest BCUT2D eigenvalue weighted by molar-refractivity contribution is 0.372. The van der Waals surface area contributed by atoms with E-state index in [4.69, 9.17) is 4.74 Å². The average Bonchev–Trinajstić information content (AvgIpc) is 2.59. The molecule has 2 rings (SSSR count). The van der Waals surface area contributed by atoms with E-state index in [9.17, 15) is 0 Å². The molecule has 14 heavy (non-hydrogen) atoms. The Morgan fingerprint density at radius 3 is 3.07 bits per heavy atom. The van der Waals surface area contributed by atoms with Crippen LogP contribution in [0.5, 0.6) is 0 Å². The van der Waals surface area contributed by atoms with Crippen molar-refractivity contribution >= 4 is 32.6 Å². The van der Waals surface area contributed by atoms with Crippen LogP contribution in [0.4, 0.5) is 0 Å². The first kappa shape index (κ1) is 9.27. The van der Waals surface area contributed by atoms with E-state index in [0.717, 1.165) is 21.1 Å². The second kappa shape index (κ2) is 3.46. The number of benzene rings is 1. The van der Waals surface area contributed by atoms with Gasteiger partial charge in [0.2, 0.25) is 0 Å². The highest BCUT2D eigenvalue weighted by atomic mass is 79.9. The van der Waals surface area contributed by atoms with Gasteiger partial charge in [0.15, 0.2) is 0 Å². The van der Waals surface area contributed by atoms with Crippen LogP contribution in [0.3, 0.4) is 0 Å². The largest absolute Gasteiger partial charge is 0.497 e. The van der Waals surface area contributed by atoms with Gasteiger partial charge in [0, 0.05) is 10.9 Å². The summed E-state index contributed by atoms with van der Waals surface area (Å²) in [7, 11) is 1.61. The van der Waals surface area contributed by atoms with Crippen molar-refractivity contribution in [2.75, 3.05) is 7.11 Å². The smallest absolute Gasteiger partial charge is 0.119 e. The number of fused-ring (bicyclic) bond motifs is 1. The van der Waals surface area contributed by atoms with Gasteiger partial charge in [0.25, 0.3) is 0 Å². The molecule has 0 unspecified atom stereocenters. The van der Waals surface area contributed by atoms with Crippen LogP contribution < -0.4 is 0 Å². The first-order valence-corrected chi connectivity index (χ1v) is 4.89. The highest BCUT2D eigenvalue weighted by molar-refractivity contribution is 9.10. The van der Waals surface area contributed by atoms with Crippen molar-refractivity contribution in [3.8, 4) is 0 Å². The van der Waals surface area contributed by atoms with Gasteiger partial charge in [0.05, 0.1) is 12.6 Å². The molecule has 0 saturated heterocycles. The van der Waals surface area contributed by atoms with E-state index in [1.165, 1.54) is 0 Å². The number of rotatable bonds is 2. The van der Waals surface area contributed by atoms with Gasteiger partial charge < -0.3 is 4.74 Å². The van der Waals surface area contributed by atoms with E-state index in [1.54, 1.807) is 7.11 Å². The Morgan fingerprint density at radius 2 is 2.36 bits per heavy atom. The number of nitrogens with one attached hydrogen (secondary N) is 1. The van der Waals surface area contributed by atoms with Crippen molar-refractivity contribution in [3.05, 3.63) is 34.9 Å². The number of hydrogen-bond acceptors (Lipinski definition) is 2. The summed E-state index contributed by atoms with van der Waals surface area (Å²) in [5.41, 5.74) is 1.85. The molecule has 0 spiro atoms. The molecule has 0 fully saturated rings. The molecule has 0 aliphatic rings. The fourth-order valence-corrected chi connectivity index (χ4v) is 1.88. The maximum absolute atomic E-state index is 5.11. The van der Waals surface area contributed by atoms with Crippen molar-refractivity contribution in [3.63, 3.8) is 0 Å². The summed E-state index contributed by atoms with van der Waals surface area (Å²) in [6.45, 7) is 3.83. The molecule has 0 bridgehead atoms. The zero-order chi connectivity index (χ0) is 10.1. The Bertz CT molecular complexity index is 490. The lowest BCUT2D eigenvalue weighted by Gasteiger charge is -2.05. The third-order valence-electron chi connectivity index (χ3n) is 2.08. The van der Waals surface area contributed by atoms with E-state index in [1.807, 2.05) is 18.2 Å². The molecular weight excluding hydrogens is 244 g/mol. The normalized spacial score (nSPS) is 10.4. The molecule has 0 aliphatic heterocycles. The number of aromatic nitrogens is 2. The van der Waals surface area contributed by atoms with Gasteiger partial charge in [-0.2, -0.15) is 5.10 Å². The minimum atomic E-state index is 0.637. The number of halogens is 1. The number of nitrogens with zero attached hydrogens (tertiary/aromatic N) is 1. The van der Waals surface area contributed by atoms with Crippen LogP contribution in [0, 0.1) is 0 Å². The van der Waals surface area contributed by atoms with E-state index >= 15 is 0 Å². The molecule has 0 radical (unpaired) electrons. The summed E-state index contributed by atoms with van der Waals surface area (Å²) in [6, 6.07) is 5.81. The van der Waals surface area contributed by atoms with Crippen LogP contribution in [0.2, 0.25) is 0 Å². The van der Waals surface area contributed by atoms with Crippen LogP contribution in [-0.4, -0.2) is 17.3 Å². The Morgan fingerprint density at radius 1 is 1.57 bits per heavy atom. The third-order valence-corrected chi connectivity index (χ3v) is 2.66. The second-order valence-electron chi connectivity index (χ2n) is 2.86. The Balaban J connectivity index is 2.75. The summed E-state index contributed by atoms with van der Waals surface area (Å²) in [6.07, 6.45) is 0. The summed E-state index contributed by atoms with van der Waals surface area (Å²) < 4.78 is 5.96. The van der Waals surface area contributed by atoms with E-state index < -0.39 is 0 Å². The first-order chi connectivity index (χ1) is 6.74. The SMILES string of the molecule is C=C(OC)c1cccc2n[nH]c(Br)c12. The lowest BCUT2D eigenvalue weighted by atomic mass is 10.1. The number of ether oxygens (including phenoxy) is 1. The highest BCUT2D eigenvalue weighted by Gasteiger charge is 2.10. The van der Waals surface area contributed by atoms with Crippen LogP contribution in [0.15, 0.2) is 29.4 Å². The second-order valence-corrected chi connectivity index (χ2v) is 3.66. The monoisotopic (exact) mass is 252 g/mol. The molecule has 4 heteroatoms. The van der Waals surface area contributed by atoms with Crippen LogP contribution >= 0.6 is 15.9 Å². The van der Waals surface area contributed by atoms with Crippen LogP contribution in [0.25, 0.3) is 16.7 Å². The van der Waals surface area contributed by atoms with Gasteiger partial charge in [-0.25, -0.2) is 0 Å².